The highest BCUT2D eigenvalue weighted by molar-refractivity contribution is 5.78. The zero-order valence-corrected chi connectivity index (χ0v) is 11.9. The average Bonchev–Trinajstić information content (AvgIpc) is 2.80. The molecule has 4 nitrogen and oxygen atoms in total. The number of hydrogen-bond acceptors (Lipinski definition) is 3. The van der Waals surface area contributed by atoms with E-state index in [0.29, 0.717) is 6.04 Å². The molecule has 0 saturated heterocycles. The lowest BCUT2D eigenvalue weighted by molar-refractivity contribution is -0.124. The van der Waals surface area contributed by atoms with Crippen molar-refractivity contribution in [1.82, 2.24) is 10.2 Å². The van der Waals surface area contributed by atoms with Crippen LogP contribution < -0.4 is 11.1 Å². The lowest BCUT2D eigenvalue weighted by Gasteiger charge is -2.27. The van der Waals surface area contributed by atoms with Gasteiger partial charge in [-0.2, -0.15) is 0 Å². The van der Waals surface area contributed by atoms with E-state index in [2.05, 4.69) is 29.4 Å². The number of anilines is 1. The molecule has 104 valence electrons. The highest BCUT2D eigenvalue weighted by Gasteiger charge is 2.27. The molecule has 2 atom stereocenters. The minimum Gasteiger partial charge on any atom is -0.399 e. The summed E-state index contributed by atoms with van der Waals surface area (Å²) in [5.41, 5.74) is 9.37. The minimum absolute atomic E-state index is 0.00725. The summed E-state index contributed by atoms with van der Waals surface area (Å²) in [6, 6.07) is 6.57. The van der Waals surface area contributed by atoms with Crippen molar-refractivity contribution in [2.75, 3.05) is 26.4 Å². The molecule has 0 spiro atoms. The first-order chi connectivity index (χ1) is 9.02. The van der Waals surface area contributed by atoms with Gasteiger partial charge in [0, 0.05) is 31.2 Å². The molecule has 3 N–H and O–H groups in total. The van der Waals surface area contributed by atoms with Crippen LogP contribution in [0.5, 0.6) is 0 Å². The molecule has 4 heteroatoms. The smallest absolute Gasteiger partial charge is 0.223 e. The summed E-state index contributed by atoms with van der Waals surface area (Å²) in [7, 11) is 3.78. The molecule has 1 aromatic rings. The van der Waals surface area contributed by atoms with Crippen LogP contribution in [0.4, 0.5) is 5.69 Å². The van der Waals surface area contributed by atoms with E-state index in [9.17, 15) is 4.79 Å². The van der Waals surface area contributed by atoms with Crippen LogP contribution in [0.1, 0.15) is 30.5 Å². The molecule has 2 unspecified atom stereocenters. The number of carbonyl (C=O) groups is 1. The van der Waals surface area contributed by atoms with E-state index < -0.39 is 0 Å². The standard InChI is InChI=1S/C15H23N3O/c1-10(15(19)17-2)9-18(3)14-7-4-11-8-12(16)5-6-13(11)14/h5-6,8,10,14H,4,7,9,16H2,1-3H3,(H,17,19). The molecule has 1 amide bonds. The maximum absolute atomic E-state index is 11.6. The normalized spacial score (nSPS) is 19.3. The molecule has 0 radical (unpaired) electrons. The van der Waals surface area contributed by atoms with Crippen LogP contribution in [0.15, 0.2) is 18.2 Å². The molecule has 0 aromatic heterocycles. The number of nitrogens with zero attached hydrogens (tertiary/aromatic N) is 1. The number of rotatable bonds is 4. The molecule has 0 fully saturated rings. The molecule has 0 bridgehead atoms. The zero-order valence-electron chi connectivity index (χ0n) is 11.9. The minimum atomic E-state index is 0.00725. The van der Waals surface area contributed by atoms with Gasteiger partial charge in [-0.1, -0.05) is 13.0 Å². The fourth-order valence-electron chi connectivity index (χ4n) is 2.96. The Kier molecular flexibility index (Phi) is 4.10. The molecule has 19 heavy (non-hydrogen) atoms. The third kappa shape index (κ3) is 2.89. The van der Waals surface area contributed by atoms with E-state index in [-0.39, 0.29) is 11.8 Å². The van der Waals surface area contributed by atoms with E-state index in [0.717, 1.165) is 25.1 Å². The molecular formula is C15H23N3O. The second-order valence-electron chi connectivity index (χ2n) is 5.47. The van der Waals surface area contributed by atoms with Gasteiger partial charge in [-0.3, -0.25) is 9.69 Å². The van der Waals surface area contributed by atoms with E-state index in [1.54, 1.807) is 7.05 Å². The van der Waals surface area contributed by atoms with Crippen LogP contribution >= 0.6 is 0 Å². The fourth-order valence-corrected chi connectivity index (χ4v) is 2.96. The van der Waals surface area contributed by atoms with Crippen LogP contribution in [-0.2, 0) is 11.2 Å². The second-order valence-corrected chi connectivity index (χ2v) is 5.47. The molecule has 1 aliphatic carbocycles. The van der Waals surface area contributed by atoms with Gasteiger partial charge in [0.25, 0.3) is 0 Å². The Morgan fingerprint density at radius 2 is 2.32 bits per heavy atom. The topological polar surface area (TPSA) is 58.4 Å². The third-order valence-corrected chi connectivity index (χ3v) is 4.00. The van der Waals surface area contributed by atoms with Crippen molar-refractivity contribution in [3.63, 3.8) is 0 Å². The van der Waals surface area contributed by atoms with Gasteiger partial charge in [0.2, 0.25) is 5.91 Å². The Balaban J connectivity index is 2.07. The van der Waals surface area contributed by atoms with Gasteiger partial charge in [-0.25, -0.2) is 0 Å². The second kappa shape index (κ2) is 5.61. The summed E-state index contributed by atoms with van der Waals surface area (Å²) >= 11 is 0. The highest BCUT2D eigenvalue weighted by Crippen LogP contribution is 2.36. The first-order valence-electron chi connectivity index (χ1n) is 6.83. The number of nitrogens with two attached hydrogens (primary N) is 1. The Bertz CT molecular complexity index is 472. The van der Waals surface area contributed by atoms with Crippen LogP contribution in [0.2, 0.25) is 0 Å². The first kappa shape index (κ1) is 13.9. The van der Waals surface area contributed by atoms with Gasteiger partial charge in [0.05, 0.1) is 0 Å². The monoisotopic (exact) mass is 261 g/mol. The summed E-state index contributed by atoms with van der Waals surface area (Å²) in [6.45, 7) is 2.74. The van der Waals surface area contributed by atoms with E-state index >= 15 is 0 Å². The van der Waals surface area contributed by atoms with E-state index in [4.69, 9.17) is 5.73 Å². The van der Waals surface area contributed by atoms with Crippen molar-refractivity contribution in [2.24, 2.45) is 5.92 Å². The summed E-state index contributed by atoms with van der Waals surface area (Å²) in [4.78, 5) is 13.9. The van der Waals surface area contributed by atoms with Crippen molar-refractivity contribution in [1.29, 1.82) is 0 Å². The summed E-state index contributed by atoms with van der Waals surface area (Å²) < 4.78 is 0. The molecule has 2 rings (SSSR count). The number of amides is 1. The largest absolute Gasteiger partial charge is 0.399 e. The number of nitrogen functional groups attached to an aromatic ring is 1. The molecule has 0 heterocycles. The van der Waals surface area contributed by atoms with Crippen molar-refractivity contribution in [3.8, 4) is 0 Å². The van der Waals surface area contributed by atoms with Crippen molar-refractivity contribution < 1.29 is 4.79 Å². The van der Waals surface area contributed by atoms with Gasteiger partial charge in [0.15, 0.2) is 0 Å². The number of nitrogens with one attached hydrogen (secondary N) is 1. The number of fused-ring (bicyclic) bond motifs is 1. The van der Waals surface area contributed by atoms with Crippen molar-refractivity contribution in [2.45, 2.75) is 25.8 Å². The van der Waals surface area contributed by atoms with Crippen LogP contribution in [0, 0.1) is 5.92 Å². The Hall–Kier alpha value is -1.55. The Morgan fingerprint density at radius 3 is 3.00 bits per heavy atom. The molecule has 1 aromatic carbocycles. The summed E-state index contributed by atoms with van der Waals surface area (Å²) in [6.07, 6.45) is 2.18. The molecule has 0 saturated carbocycles. The molecular weight excluding hydrogens is 238 g/mol. The van der Waals surface area contributed by atoms with Crippen LogP contribution in [0.3, 0.4) is 0 Å². The predicted molar refractivity (Wildman–Crippen MR) is 77.8 cm³/mol. The van der Waals surface area contributed by atoms with Gasteiger partial charge in [-0.15, -0.1) is 0 Å². The number of benzene rings is 1. The summed E-state index contributed by atoms with van der Waals surface area (Å²) in [5.74, 6) is 0.107. The lowest BCUT2D eigenvalue weighted by atomic mass is 10.0. The highest BCUT2D eigenvalue weighted by atomic mass is 16.1. The Morgan fingerprint density at radius 1 is 1.58 bits per heavy atom. The number of hydrogen-bond donors (Lipinski definition) is 2. The number of aryl methyl sites for hydroxylation is 1. The first-order valence-corrected chi connectivity index (χ1v) is 6.83. The Labute approximate surface area is 115 Å². The van der Waals surface area contributed by atoms with Crippen molar-refractivity contribution in [3.05, 3.63) is 29.3 Å². The molecule has 1 aliphatic rings. The van der Waals surface area contributed by atoms with Gasteiger partial charge in [-0.05, 0) is 43.1 Å². The predicted octanol–water partition coefficient (Wildman–Crippen LogP) is 1.57. The van der Waals surface area contributed by atoms with E-state index in [1.165, 1.54) is 11.1 Å². The van der Waals surface area contributed by atoms with Crippen LogP contribution in [-0.4, -0.2) is 31.4 Å². The van der Waals surface area contributed by atoms with E-state index in [1.807, 2.05) is 13.0 Å². The number of carbonyl (C=O) groups excluding carboxylic acids is 1. The lowest BCUT2D eigenvalue weighted by Crippen LogP contribution is -2.35. The van der Waals surface area contributed by atoms with Gasteiger partial charge < -0.3 is 11.1 Å². The molecule has 0 aliphatic heterocycles. The van der Waals surface area contributed by atoms with Gasteiger partial charge >= 0.3 is 0 Å². The fraction of sp³-hybridized carbons (Fsp3) is 0.533. The zero-order chi connectivity index (χ0) is 14.0. The van der Waals surface area contributed by atoms with Crippen LogP contribution in [0.25, 0.3) is 0 Å². The maximum Gasteiger partial charge on any atom is 0.223 e. The van der Waals surface area contributed by atoms with Gasteiger partial charge in [0.1, 0.15) is 0 Å². The third-order valence-electron chi connectivity index (χ3n) is 4.00. The van der Waals surface area contributed by atoms with Crippen molar-refractivity contribution >= 4 is 11.6 Å². The summed E-state index contributed by atoms with van der Waals surface area (Å²) in [5, 5.41) is 2.71. The SMILES string of the molecule is CNC(=O)C(C)CN(C)C1CCc2cc(N)ccc21. The maximum atomic E-state index is 11.6. The quantitative estimate of drug-likeness (QED) is 0.809. The average molecular weight is 261 g/mol.